The third-order valence-corrected chi connectivity index (χ3v) is 6.56. The van der Waals surface area contributed by atoms with E-state index >= 15 is 0 Å². The van der Waals surface area contributed by atoms with Crippen LogP contribution in [0.1, 0.15) is 47.1 Å². The SMILES string of the molecule is Cc1cc(C(F)(F)F)cc(C)c1-c1nnc2c(c1C)CCCN2C1CCCN(C)C1. The van der Waals surface area contributed by atoms with E-state index in [2.05, 4.69) is 27.0 Å². The Morgan fingerprint density at radius 2 is 1.70 bits per heavy atom. The number of aryl methyl sites for hydroxylation is 2. The van der Waals surface area contributed by atoms with Gasteiger partial charge in [0, 0.05) is 30.3 Å². The van der Waals surface area contributed by atoms with Gasteiger partial charge in [0.15, 0.2) is 5.82 Å². The van der Waals surface area contributed by atoms with E-state index < -0.39 is 11.7 Å². The summed E-state index contributed by atoms with van der Waals surface area (Å²) in [5.74, 6) is 0.963. The molecule has 1 aromatic heterocycles. The van der Waals surface area contributed by atoms with E-state index in [1.807, 2.05) is 6.92 Å². The van der Waals surface area contributed by atoms with Crippen LogP contribution in [0.4, 0.5) is 19.0 Å². The van der Waals surface area contributed by atoms with Crippen LogP contribution in [0.25, 0.3) is 11.3 Å². The molecule has 1 saturated heterocycles. The monoisotopic (exact) mass is 418 g/mol. The summed E-state index contributed by atoms with van der Waals surface area (Å²) in [7, 11) is 2.16. The van der Waals surface area contributed by atoms with Crippen LogP contribution in [0, 0.1) is 20.8 Å². The molecule has 1 unspecified atom stereocenters. The van der Waals surface area contributed by atoms with Crippen molar-refractivity contribution in [2.75, 3.05) is 31.6 Å². The molecule has 1 fully saturated rings. The zero-order valence-electron chi connectivity index (χ0n) is 18.1. The zero-order chi connectivity index (χ0) is 21.6. The molecule has 0 saturated carbocycles. The van der Waals surface area contributed by atoms with Crippen molar-refractivity contribution in [3.05, 3.63) is 39.9 Å². The molecule has 2 aliphatic rings. The van der Waals surface area contributed by atoms with Crippen LogP contribution in [0.15, 0.2) is 12.1 Å². The van der Waals surface area contributed by atoms with Crippen molar-refractivity contribution in [1.82, 2.24) is 15.1 Å². The number of rotatable bonds is 2. The third kappa shape index (κ3) is 3.80. The van der Waals surface area contributed by atoms with Crippen LogP contribution in [0.2, 0.25) is 0 Å². The maximum Gasteiger partial charge on any atom is 0.416 e. The van der Waals surface area contributed by atoms with E-state index in [1.165, 1.54) is 24.1 Å². The normalized spacial score (nSPS) is 20.4. The number of halogens is 3. The van der Waals surface area contributed by atoms with E-state index in [4.69, 9.17) is 0 Å². The molecule has 4 nitrogen and oxygen atoms in total. The number of fused-ring (bicyclic) bond motifs is 1. The summed E-state index contributed by atoms with van der Waals surface area (Å²) in [6.07, 6.45) is -0.0191. The van der Waals surface area contributed by atoms with Crippen molar-refractivity contribution >= 4 is 5.82 Å². The lowest BCUT2D eigenvalue weighted by Gasteiger charge is -2.41. The number of nitrogens with zero attached hydrogens (tertiary/aromatic N) is 4. The largest absolute Gasteiger partial charge is 0.416 e. The summed E-state index contributed by atoms with van der Waals surface area (Å²) < 4.78 is 39.6. The van der Waals surface area contributed by atoms with Crippen LogP contribution in [-0.2, 0) is 12.6 Å². The fourth-order valence-corrected chi connectivity index (χ4v) is 5.09. The third-order valence-electron chi connectivity index (χ3n) is 6.56. The van der Waals surface area contributed by atoms with Gasteiger partial charge in [-0.1, -0.05) is 0 Å². The summed E-state index contributed by atoms with van der Waals surface area (Å²) in [6, 6.07) is 2.87. The number of piperidine rings is 1. The highest BCUT2D eigenvalue weighted by Gasteiger charge is 2.33. The fraction of sp³-hybridized carbons (Fsp3) is 0.565. The fourth-order valence-electron chi connectivity index (χ4n) is 5.09. The number of hydrogen-bond donors (Lipinski definition) is 0. The Hall–Kier alpha value is -2.15. The van der Waals surface area contributed by atoms with Crippen molar-refractivity contribution in [1.29, 1.82) is 0 Å². The van der Waals surface area contributed by atoms with Crippen LogP contribution >= 0.6 is 0 Å². The van der Waals surface area contributed by atoms with E-state index in [1.54, 1.807) is 13.8 Å². The zero-order valence-corrected chi connectivity index (χ0v) is 18.1. The number of likely N-dealkylation sites (N-methyl/N-ethyl adjacent to an activating group) is 1. The van der Waals surface area contributed by atoms with Gasteiger partial charge in [-0.3, -0.25) is 0 Å². The number of hydrogen-bond acceptors (Lipinski definition) is 4. The lowest BCUT2D eigenvalue weighted by molar-refractivity contribution is -0.137. The number of alkyl halides is 3. The van der Waals surface area contributed by atoms with Crippen LogP contribution in [0.3, 0.4) is 0 Å². The lowest BCUT2D eigenvalue weighted by Crippen LogP contribution is -2.49. The minimum absolute atomic E-state index is 0.442. The van der Waals surface area contributed by atoms with Crippen molar-refractivity contribution < 1.29 is 13.2 Å². The summed E-state index contributed by atoms with van der Waals surface area (Å²) in [5.41, 5.74) is 4.27. The van der Waals surface area contributed by atoms with Gasteiger partial charge in [0.1, 0.15) is 0 Å². The summed E-state index contributed by atoms with van der Waals surface area (Å²) in [5, 5.41) is 9.18. The molecule has 4 rings (SSSR count). The van der Waals surface area contributed by atoms with Gasteiger partial charge in [-0.25, -0.2) is 0 Å². The molecular formula is C23H29F3N4. The number of anilines is 1. The minimum Gasteiger partial charge on any atom is -0.351 e. The van der Waals surface area contributed by atoms with E-state index in [9.17, 15) is 13.2 Å². The summed E-state index contributed by atoms with van der Waals surface area (Å²) in [6.45, 7) is 8.63. The number of benzene rings is 1. The average molecular weight is 419 g/mol. The van der Waals surface area contributed by atoms with Gasteiger partial charge in [0.25, 0.3) is 0 Å². The highest BCUT2D eigenvalue weighted by Crippen LogP contribution is 2.39. The first-order valence-electron chi connectivity index (χ1n) is 10.7. The summed E-state index contributed by atoms with van der Waals surface area (Å²) >= 11 is 0. The Balaban J connectivity index is 1.75. The lowest BCUT2D eigenvalue weighted by atomic mass is 9.91. The number of aromatic nitrogens is 2. The summed E-state index contributed by atoms with van der Waals surface area (Å²) in [4.78, 5) is 4.77. The standard InChI is InChI=1S/C23H29F3N4/c1-14-11-17(23(24,25)26)12-15(2)20(14)21-16(3)19-8-6-10-30(22(19)28-27-21)18-7-5-9-29(4)13-18/h11-12,18H,5-10,13H2,1-4H3. The Morgan fingerprint density at radius 3 is 2.33 bits per heavy atom. The Labute approximate surface area is 176 Å². The quantitative estimate of drug-likeness (QED) is 0.692. The Morgan fingerprint density at radius 1 is 1.00 bits per heavy atom. The predicted octanol–water partition coefficient (Wildman–Crippen LogP) is 4.93. The predicted molar refractivity (Wildman–Crippen MR) is 113 cm³/mol. The molecule has 2 aromatic rings. The topological polar surface area (TPSA) is 32.3 Å². The van der Waals surface area contributed by atoms with Gasteiger partial charge < -0.3 is 9.80 Å². The highest BCUT2D eigenvalue weighted by atomic mass is 19.4. The van der Waals surface area contributed by atoms with E-state index in [0.29, 0.717) is 22.9 Å². The smallest absolute Gasteiger partial charge is 0.351 e. The Bertz CT molecular complexity index is 931. The molecule has 0 aliphatic carbocycles. The molecular weight excluding hydrogens is 389 g/mol. The Kier molecular flexibility index (Phi) is 5.51. The van der Waals surface area contributed by atoms with Crippen LogP contribution in [0.5, 0.6) is 0 Å². The molecule has 30 heavy (non-hydrogen) atoms. The van der Waals surface area contributed by atoms with E-state index in [-0.39, 0.29) is 0 Å². The van der Waals surface area contributed by atoms with Gasteiger partial charge in [0.05, 0.1) is 11.3 Å². The molecule has 0 spiro atoms. The molecule has 0 bridgehead atoms. The van der Waals surface area contributed by atoms with Gasteiger partial charge in [-0.2, -0.15) is 13.2 Å². The molecule has 0 radical (unpaired) electrons. The maximum atomic E-state index is 13.2. The molecule has 2 aliphatic heterocycles. The molecule has 0 amide bonds. The molecule has 3 heterocycles. The highest BCUT2D eigenvalue weighted by molar-refractivity contribution is 5.73. The van der Waals surface area contributed by atoms with Gasteiger partial charge in [-0.15, -0.1) is 10.2 Å². The number of likely N-dealkylation sites (tertiary alicyclic amines) is 1. The van der Waals surface area contributed by atoms with Crippen molar-refractivity contribution in [3.63, 3.8) is 0 Å². The van der Waals surface area contributed by atoms with E-state index in [0.717, 1.165) is 55.8 Å². The van der Waals surface area contributed by atoms with Gasteiger partial charge >= 0.3 is 6.18 Å². The second kappa shape index (κ2) is 7.84. The molecule has 162 valence electrons. The van der Waals surface area contributed by atoms with Gasteiger partial charge in [0.2, 0.25) is 0 Å². The second-order valence-electron chi connectivity index (χ2n) is 8.81. The first kappa shape index (κ1) is 21.1. The molecule has 1 aromatic carbocycles. The molecule has 7 heteroatoms. The minimum atomic E-state index is -4.35. The van der Waals surface area contributed by atoms with Gasteiger partial charge in [-0.05, 0) is 88.9 Å². The second-order valence-corrected chi connectivity index (χ2v) is 8.81. The van der Waals surface area contributed by atoms with Crippen LogP contribution < -0.4 is 4.90 Å². The average Bonchev–Trinajstić information content (AvgIpc) is 2.68. The van der Waals surface area contributed by atoms with Crippen molar-refractivity contribution in [2.24, 2.45) is 0 Å². The first-order valence-corrected chi connectivity index (χ1v) is 10.7. The molecule has 0 N–H and O–H groups in total. The van der Waals surface area contributed by atoms with Crippen molar-refractivity contribution in [3.8, 4) is 11.3 Å². The first-order chi connectivity index (χ1) is 14.2. The molecule has 1 atom stereocenters. The maximum absolute atomic E-state index is 13.2. The van der Waals surface area contributed by atoms with Crippen molar-refractivity contribution in [2.45, 2.75) is 58.7 Å². The van der Waals surface area contributed by atoms with Crippen LogP contribution in [-0.4, -0.2) is 47.8 Å².